The van der Waals surface area contributed by atoms with Gasteiger partial charge in [-0.2, -0.15) is 0 Å². The van der Waals surface area contributed by atoms with Gasteiger partial charge in [0.15, 0.2) is 17.4 Å². The Morgan fingerprint density at radius 1 is 0.515 bits per heavy atom. The zero-order chi connectivity index (χ0) is 24.7. The van der Waals surface area contributed by atoms with Gasteiger partial charge < -0.3 is 9.47 Å². The van der Waals surface area contributed by atoms with Crippen LogP contribution in [0.15, 0.2) is 36.4 Å². The van der Waals surface area contributed by atoms with Crippen LogP contribution in [0.2, 0.25) is 0 Å². The van der Waals surface area contributed by atoms with Gasteiger partial charge in [0.2, 0.25) is 6.29 Å². The van der Waals surface area contributed by atoms with E-state index in [0.717, 1.165) is 11.5 Å². The molecule has 2 rings (SSSR count). The third kappa shape index (κ3) is 7.28. The normalized spacial score (nSPS) is 13.0. The van der Waals surface area contributed by atoms with Gasteiger partial charge in [0.25, 0.3) is 0 Å². The van der Waals surface area contributed by atoms with Crippen LogP contribution in [-0.2, 0) is 21.7 Å². The Morgan fingerprint density at radius 2 is 0.727 bits per heavy atom. The van der Waals surface area contributed by atoms with Gasteiger partial charge in [-0.1, -0.05) is 119 Å². The minimum absolute atomic E-state index is 0. The van der Waals surface area contributed by atoms with Crippen molar-refractivity contribution in [3.05, 3.63) is 65.6 Å². The summed E-state index contributed by atoms with van der Waals surface area (Å²) in [6, 6.07) is 12.9. The van der Waals surface area contributed by atoms with Crippen LogP contribution < -0.4 is 9.47 Å². The van der Waals surface area contributed by atoms with Crippen molar-refractivity contribution in [2.24, 2.45) is 0 Å². The molecule has 2 aromatic carbocycles. The van der Waals surface area contributed by atoms with E-state index in [4.69, 9.17) is 9.47 Å². The summed E-state index contributed by atoms with van der Waals surface area (Å²) >= 11 is 0. The van der Waals surface area contributed by atoms with Gasteiger partial charge in [0.1, 0.15) is 11.5 Å². The quantitative estimate of drug-likeness (QED) is 0.347. The monoisotopic (exact) mass is 467 g/mol. The smallest absolute Gasteiger partial charge is 0.241 e. The van der Waals surface area contributed by atoms with E-state index >= 15 is 0 Å². The fourth-order valence-electron chi connectivity index (χ4n) is 3.98. The summed E-state index contributed by atoms with van der Waals surface area (Å²) in [4.78, 5) is 0. The molecular weight excluding hydrogens is 419 g/mol. The first-order valence-corrected chi connectivity index (χ1v) is 11.8. The summed E-state index contributed by atoms with van der Waals surface area (Å²) in [5.74, 6) is 1.77. The highest BCUT2D eigenvalue weighted by Crippen LogP contribution is 2.42. The molecule has 1 radical (unpaired) electrons. The van der Waals surface area contributed by atoms with E-state index in [2.05, 4.69) is 126 Å². The van der Waals surface area contributed by atoms with Crippen molar-refractivity contribution in [3.8, 4) is 11.5 Å². The Labute approximate surface area is 214 Å². The molecule has 0 N–H and O–H groups in total. The molecule has 0 unspecified atom stereocenters. The first kappa shape index (κ1) is 29.6. The van der Waals surface area contributed by atoms with E-state index < -0.39 is 6.29 Å². The van der Waals surface area contributed by atoms with Crippen molar-refractivity contribution in [3.63, 3.8) is 0 Å². The number of rotatable bonds is 4. The highest BCUT2D eigenvalue weighted by atomic mass is 27.0. The van der Waals surface area contributed by atoms with Crippen molar-refractivity contribution in [1.29, 1.82) is 0 Å². The average molecular weight is 468 g/mol. The summed E-state index contributed by atoms with van der Waals surface area (Å²) in [6.45, 7) is 30.9. The van der Waals surface area contributed by atoms with Gasteiger partial charge in [0.05, 0.1) is 0 Å². The van der Waals surface area contributed by atoms with Crippen molar-refractivity contribution < 1.29 is 9.47 Å². The molecule has 183 valence electrons. The van der Waals surface area contributed by atoms with Crippen LogP contribution in [0.1, 0.15) is 105 Å². The predicted octanol–water partition coefficient (Wildman–Crippen LogP) is 7.31. The molecule has 0 aliphatic carbocycles. The van der Waals surface area contributed by atoms with E-state index in [0.29, 0.717) is 0 Å². The fraction of sp³-hybridized carbons (Fsp3) is 0.567. The van der Waals surface area contributed by atoms with Crippen LogP contribution in [-0.4, -0.2) is 23.7 Å². The van der Waals surface area contributed by atoms with E-state index in [1.807, 2.05) is 0 Å². The molecule has 0 amide bonds. The molecule has 33 heavy (non-hydrogen) atoms. The molecule has 3 heteroatoms. The lowest BCUT2D eigenvalue weighted by Crippen LogP contribution is -2.28. The second kappa shape index (κ2) is 10.1. The molecule has 0 saturated carbocycles. The van der Waals surface area contributed by atoms with Gasteiger partial charge in [-0.25, -0.2) is 0 Å². The van der Waals surface area contributed by atoms with Crippen LogP contribution in [0.25, 0.3) is 0 Å². The molecule has 0 atom stereocenters. The predicted molar refractivity (Wildman–Crippen MR) is 148 cm³/mol. The lowest BCUT2D eigenvalue weighted by molar-refractivity contribution is 0.0386. The number of hydrogen-bond acceptors (Lipinski definition) is 2. The summed E-state index contributed by atoms with van der Waals surface area (Å²) in [6.07, 6.45) is -0.677. The van der Waals surface area contributed by atoms with Crippen LogP contribution in [0.3, 0.4) is 0 Å². The number of para-hydroxylation sites is 2. The Bertz CT molecular complexity index is 790. The lowest BCUT2D eigenvalue weighted by atomic mass is 9.79. The zero-order valence-electron chi connectivity index (χ0n) is 22.6. The number of hydrogen-bond donors (Lipinski definition) is 0. The highest BCUT2D eigenvalue weighted by molar-refractivity contribution is 5.75. The zero-order valence-corrected chi connectivity index (χ0v) is 22.6. The Kier molecular flexibility index (Phi) is 9.02. The third-order valence-electron chi connectivity index (χ3n) is 5.76. The lowest BCUT2D eigenvalue weighted by Gasteiger charge is -2.33. The van der Waals surface area contributed by atoms with Crippen LogP contribution >= 0.6 is 0 Å². The summed E-state index contributed by atoms with van der Waals surface area (Å²) in [5, 5.41) is 0. The molecule has 0 aliphatic heterocycles. The van der Waals surface area contributed by atoms with Crippen molar-refractivity contribution in [2.45, 2.75) is 111 Å². The number of ether oxygens (including phenoxy) is 2. The molecular formula is C30H48AlO2. The molecule has 0 fully saturated rings. The molecule has 0 aromatic heterocycles. The van der Waals surface area contributed by atoms with E-state index in [-0.39, 0.29) is 39.0 Å². The highest BCUT2D eigenvalue weighted by Gasteiger charge is 2.30. The van der Waals surface area contributed by atoms with Gasteiger partial charge in [0, 0.05) is 6.92 Å². The molecule has 2 nitrogen and oxygen atoms in total. The Balaban J connectivity index is 0.00000544. The molecule has 0 bridgehead atoms. The SMILES string of the molecule is [AlH3].[CH2]C(Oc1c(C(C)(C)C)cccc1C(C)(C)C)Oc1c(C(C)(C)C)cccc1C(C)(C)C. The molecule has 2 aromatic rings. The largest absolute Gasteiger partial charge is 0.454 e. The minimum atomic E-state index is -0.677. The standard InChI is InChI=1S/C30H45O2.Al.3H/c1-20(31-25-21(27(2,3)4)16-14-17-22(25)28(5,6)7)32-26-23(29(8,9)10)18-15-19-24(26)30(11,12)13;;;;/h14-20H,1H2,2-13H3;;;;. The molecule has 0 heterocycles. The first-order chi connectivity index (χ1) is 14.3. The van der Waals surface area contributed by atoms with Crippen molar-refractivity contribution >= 4 is 17.4 Å². The van der Waals surface area contributed by atoms with Crippen LogP contribution in [0.4, 0.5) is 0 Å². The van der Waals surface area contributed by atoms with Crippen LogP contribution in [0.5, 0.6) is 11.5 Å². The number of benzene rings is 2. The second-order valence-corrected chi connectivity index (χ2v) is 13.0. The van der Waals surface area contributed by atoms with Gasteiger partial charge in [-0.15, -0.1) is 0 Å². The molecule has 0 saturated heterocycles. The summed E-state index contributed by atoms with van der Waals surface area (Å²) in [5.41, 5.74) is 4.44. The second-order valence-electron chi connectivity index (χ2n) is 13.0. The average Bonchev–Trinajstić information content (AvgIpc) is 2.58. The summed E-state index contributed by atoms with van der Waals surface area (Å²) in [7, 11) is 0. The van der Waals surface area contributed by atoms with E-state index in [1.54, 1.807) is 0 Å². The van der Waals surface area contributed by atoms with Gasteiger partial charge in [-0.05, 0) is 43.9 Å². The maximum absolute atomic E-state index is 6.54. The Morgan fingerprint density at radius 3 is 0.909 bits per heavy atom. The molecule has 0 aliphatic rings. The van der Waals surface area contributed by atoms with E-state index in [1.165, 1.54) is 22.3 Å². The summed E-state index contributed by atoms with van der Waals surface area (Å²) < 4.78 is 13.1. The van der Waals surface area contributed by atoms with Crippen molar-refractivity contribution in [1.82, 2.24) is 0 Å². The maximum Gasteiger partial charge on any atom is 0.241 e. The fourth-order valence-corrected chi connectivity index (χ4v) is 3.98. The van der Waals surface area contributed by atoms with Crippen molar-refractivity contribution in [2.75, 3.05) is 0 Å². The maximum atomic E-state index is 6.54. The van der Waals surface area contributed by atoms with Gasteiger partial charge >= 0.3 is 0 Å². The molecule has 0 spiro atoms. The Hall–Kier alpha value is -1.43. The minimum Gasteiger partial charge on any atom is -0.454 e. The third-order valence-corrected chi connectivity index (χ3v) is 5.76. The first-order valence-electron chi connectivity index (χ1n) is 11.8. The van der Waals surface area contributed by atoms with Crippen LogP contribution in [0, 0.1) is 6.92 Å². The van der Waals surface area contributed by atoms with Gasteiger partial charge in [-0.3, -0.25) is 0 Å². The topological polar surface area (TPSA) is 18.5 Å². The van der Waals surface area contributed by atoms with E-state index in [9.17, 15) is 0 Å².